The third-order valence-corrected chi connectivity index (χ3v) is 3.31. The zero-order valence-corrected chi connectivity index (χ0v) is 12.5. The van der Waals surface area contributed by atoms with Crippen LogP contribution in [0.3, 0.4) is 0 Å². The van der Waals surface area contributed by atoms with Gasteiger partial charge in [-0.2, -0.15) is 0 Å². The summed E-state index contributed by atoms with van der Waals surface area (Å²) in [5, 5.41) is 0. The van der Waals surface area contributed by atoms with Gasteiger partial charge in [0.05, 0.1) is 0 Å². The first-order valence-corrected chi connectivity index (χ1v) is 6.69. The van der Waals surface area contributed by atoms with Gasteiger partial charge in [-0.15, -0.1) is 0 Å². The van der Waals surface area contributed by atoms with E-state index in [0.29, 0.717) is 0 Å². The summed E-state index contributed by atoms with van der Waals surface area (Å²) in [5.74, 6) is 0.377. The number of rotatable bonds is 9. The molecule has 0 spiro atoms. The first-order valence-electron chi connectivity index (χ1n) is 6.69. The Morgan fingerprint density at radius 3 is 2.29 bits per heavy atom. The van der Waals surface area contributed by atoms with Crippen molar-refractivity contribution in [3.63, 3.8) is 0 Å². The number of hydrogen-bond acceptors (Lipinski definition) is 2. The van der Waals surface area contributed by atoms with E-state index in [4.69, 9.17) is 9.47 Å². The van der Waals surface area contributed by atoms with Gasteiger partial charge in [-0.3, -0.25) is 0 Å². The van der Waals surface area contributed by atoms with Crippen molar-refractivity contribution in [2.24, 2.45) is 5.92 Å². The molecule has 0 saturated carbocycles. The molecule has 0 N–H and O–H groups in total. The second-order valence-electron chi connectivity index (χ2n) is 5.42. The van der Waals surface area contributed by atoms with Crippen LogP contribution < -0.4 is 0 Å². The summed E-state index contributed by atoms with van der Waals surface area (Å²) in [6.07, 6.45) is 8.07. The summed E-state index contributed by atoms with van der Waals surface area (Å²) in [7, 11) is 3.39. The second kappa shape index (κ2) is 8.71. The van der Waals surface area contributed by atoms with E-state index in [1.807, 2.05) is 6.92 Å². The Kier molecular flexibility index (Phi) is 8.53. The largest absolute Gasteiger partial charge is 0.353 e. The number of hydrogen-bond donors (Lipinski definition) is 0. The van der Waals surface area contributed by atoms with Gasteiger partial charge in [0, 0.05) is 20.6 Å². The Bertz CT molecular complexity index is 215. The summed E-state index contributed by atoms with van der Waals surface area (Å²) in [6, 6.07) is 0. The van der Waals surface area contributed by atoms with Crippen molar-refractivity contribution in [2.75, 3.05) is 14.2 Å². The van der Waals surface area contributed by atoms with Crippen molar-refractivity contribution in [3.05, 3.63) is 11.6 Å². The molecule has 0 radical (unpaired) electrons. The quantitative estimate of drug-likeness (QED) is 0.436. The molecule has 0 fully saturated rings. The molecule has 0 heterocycles. The molecule has 0 bridgehead atoms. The monoisotopic (exact) mass is 242 g/mol. The molecule has 2 heteroatoms. The lowest BCUT2D eigenvalue weighted by atomic mass is 10.0. The highest BCUT2D eigenvalue weighted by Gasteiger charge is 2.20. The highest BCUT2D eigenvalue weighted by atomic mass is 16.7. The summed E-state index contributed by atoms with van der Waals surface area (Å²) in [4.78, 5) is 0. The van der Waals surface area contributed by atoms with Crippen molar-refractivity contribution >= 4 is 0 Å². The Morgan fingerprint density at radius 2 is 1.82 bits per heavy atom. The molecule has 2 nitrogen and oxygen atoms in total. The SMILES string of the molecule is COC(C)(CC/C=C(/C)CCCC(C)C)OC. The summed E-state index contributed by atoms with van der Waals surface area (Å²) in [5.41, 5.74) is 1.49. The van der Waals surface area contributed by atoms with Crippen LogP contribution in [0.5, 0.6) is 0 Å². The van der Waals surface area contributed by atoms with Crippen LogP contribution >= 0.6 is 0 Å². The van der Waals surface area contributed by atoms with Gasteiger partial charge in [-0.25, -0.2) is 0 Å². The molecule has 102 valence electrons. The minimum absolute atomic E-state index is 0.436. The van der Waals surface area contributed by atoms with E-state index in [1.54, 1.807) is 14.2 Å². The smallest absolute Gasteiger partial charge is 0.165 e. The molecule has 0 saturated heterocycles. The van der Waals surface area contributed by atoms with Gasteiger partial charge in [-0.05, 0) is 39.0 Å². The fraction of sp³-hybridized carbons (Fsp3) is 0.867. The van der Waals surface area contributed by atoms with Gasteiger partial charge in [0.2, 0.25) is 0 Å². The third-order valence-electron chi connectivity index (χ3n) is 3.31. The maximum absolute atomic E-state index is 5.33. The molecule has 0 unspecified atom stereocenters. The molecule has 0 atom stereocenters. The molecule has 0 aromatic carbocycles. The third kappa shape index (κ3) is 8.39. The summed E-state index contributed by atoms with van der Waals surface area (Å²) in [6.45, 7) is 8.76. The first kappa shape index (κ1) is 16.7. The molecule has 0 aliphatic heterocycles. The minimum atomic E-state index is -0.436. The molecular formula is C15H30O2. The Hall–Kier alpha value is -0.340. The zero-order valence-electron chi connectivity index (χ0n) is 12.5. The van der Waals surface area contributed by atoms with Crippen molar-refractivity contribution in [3.8, 4) is 0 Å². The van der Waals surface area contributed by atoms with E-state index in [-0.39, 0.29) is 0 Å². The minimum Gasteiger partial charge on any atom is -0.353 e. The average Bonchev–Trinajstić information content (AvgIpc) is 2.28. The Morgan fingerprint density at radius 1 is 1.24 bits per heavy atom. The van der Waals surface area contributed by atoms with E-state index < -0.39 is 5.79 Å². The van der Waals surface area contributed by atoms with E-state index in [0.717, 1.165) is 18.8 Å². The van der Waals surface area contributed by atoms with Crippen LogP contribution in [-0.4, -0.2) is 20.0 Å². The molecule has 17 heavy (non-hydrogen) atoms. The van der Waals surface area contributed by atoms with E-state index in [1.165, 1.54) is 24.8 Å². The number of allylic oxidation sites excluding steroid dienone is 2. The molecular weight excluding hydrogens is 212 g/mol. The first-order chi connectivity index (χ1) is 7.93. The fourth-order valence-electron chi connectivity index (χ4n) is 1.76. The second-order valence-corrected chi connectivity index (χ2v) is 5.42. The maximum atomic E-state index is 5.33. The van der Waals surface area contributed by atoms with Gasteiger partial charge < -0.3 is 9.47 Å². The van der Waals surface area contributed by atoms with Crippen LogP contribution in [0, 0.1) is 5.92 Å². The average molecular weight is 242 g/mol. The van der Waals surface area contributed by atoms with Crippen LogP contribution in [0.25, 0.3) is 0 Å². The molecule has 0 aliphatic carbocycles. The number of methoxy groups -OCH3 is 2. The van der Waals surface area contributed by atoms with E-state index in [2.05, 4.69) is 26.8 Å². The zero-order chi connectivity index (χ0) is 13.3. The predicted octanol–water partition coefficient (Wildman–Crippen LogP) is 4.55. The van der Waals surface area contributed by atoms with Crippen LogP contribution in [-0.2, 0) is 9.47 Å². The van der Waals surface area contributed by atoms with Crippen LogP contribution in [0.2, 0.25) is 0 Å². The molecule has 0 aromatic heterocycles. The Balaban J connectivity index is 3.83. The Labute approximate surface area is 107 Å². The highest BCUT2D eigenvalue weighted by Crippen LogP contribution is 2.19. The van der Waals surface area contributed by atoms with Gasteiger partial charge in [0.25, 0.3) is 0 Å². The molecule has 0 aromatic rings. The van der Waals surface area contributed by atoms with Gasteiger partial charge in [0.15, 0.2) is 5.79 Å². The summed E-state index contributed by atoms with van der Waals surface area (Å²) >= 11 is 0. The normalized spacial score (nSPS) is 13.5. The van der Waals surface area contributed by atoms with E-state index in [9.17, 15) is 0 Å². The van der Waals surface area contributed by atoms with Crippen molar-refractivity contribution in [2.45, 2.75) is 65.6 Å². The van der Waals surface area contributed by atoms with Gasteiger partial charge in [-0.1, -0.05) is 31.9 Å². The van der Waals surface area contributed by atoms with Gasteiger partial charge >= 0.3 is 0 Å². The van der Waals surface area contributed by atoms with E-state index >= 15 is 0 Å². The van der Waals surface area contributed by atoms with Crippen LogP contribution in [0.1, 0.15) is 59.8 Å². The van der Waals surface area contributed by atoms with Crippen molar-refractivity contribution in [1.29, 1.82) is 0 Å². The summed E-state index contributed by atoms with van der Waals surface area (Å²) < 4.78 is 10.7. The lowest BCUT2D eigenvalue weighted by Gasteiger charge is -2.25. The molecule has 0 amide bonds. The maximum Gasteiger partial charge on any atom is 0.165 e. The molecule has 0 aliphatic rings. The van der Waals surface area contributed by atoms with Crippen molar-refractivity contribution < 1.29 is 9.47 Å². The lowest BCUT2D eigenvalue weighted by Crippen LogP contribution is -2.29. The topological polar surface area (TPSA) is 18.5 Å². The molecule has 0 rings (SSSR count). The van der Waals surface area contributed by atoms with Crippen molar-refractivity contribution in [1.82, 2.24) is 0 Å². The van der Waals surface area contributed by atoms with Crippen LogP contribution in [0.4, 0.5) is 0 Å². The lowest BCUT2D eigenvalue weighted by molar-refractivity contribution is -0.196. The highest BCUT2D eigenvalue weighted by molar-refractivity contribution is 4.98. The van der Waals surface area contributed by atoms with Gasteiger partial charge in [0.1, 0.15) is 0 Å². The predicted molar refractivity (Wildman–Crippen MR) is 74.1 cm³/mol. The number of ether oxygens (including phenoxy) is 2. The fourth-order valence-corrected chi connectivity index (χ4v) is 1.76. The van der Waals surface area contributed by atoms with Crippen LogP contribution in [0.15, 0.2) is 11.6 Å². The standard InChI is InChI=1S/C15H30O2/c1-13(2)9-7-10-14(3)11-8-12-15(4,16-5)17-6/h11,13H,7-10,12H2,1-6H3/b14-11-.